The molecule has 0 amide bonds. The highest BCUT2D eigenvalue weighted by Gasteiger charge is 2.17. The SMILES string of the molecule is CCC(OC)c1nc(-c2ccc(CN)cc2)no1. The van der Waals surface area contributed by atoms with Crippen LogP contribution in [0, 0.1) is 0 Å². The molecule has 2 N–H and O–H groups in total. The maximum atomic E-state index is 5.55. The first kappa shape index (κ1) is 12.7. The fourth-order valence-electron chi connectivity index (χ4n) is 1.72. The zero-order chi connectivity index (χ0) is 13.0. The first-order valence-electron chi connectivity index (χ1n) is 5.94. The van der Waals surface area contributed by atoms with Gasteiger partial charge < -0.3 is 15.0 Å². The van der Waals surface area contributed by atoms with Gasteiger partial charge in [0.1, 0.15) is 6.10 Å². The maximum absolute atomic E-state index is 5.55. The molecule has 1 heterocycles. The molecule has 1 atom stereocenters. The third-order valence-corrected chi connectivity index (χ3v) is 2.82. The highest BCUT2D eigenvalue weighted by atomic mass is 16.5. The highest BCUT2D eigenvalue weighted by molar-refractivity contribution is 5.54. The van der Waals surface area contributed by atoms with Crippen LogP contribution < -0.4 is 5.73 Å². The minimum Gasteiger partial charge on any atom is -0.372 e. The van der Waals surface area contributed by atoms with Crippen LogP contribution in [0.1, 0.15) is 30.9 Å². The van der Waals surface area contributed by atoms with Crippen LogP contribution in [0.15, 0.2) is 28.8 Å². The van der Waals surface area contributed by atoms with E-state index in [1.54, 1.807) is 7.11 Å². The summed E-state index contributed by atoms with van der Waals surface area (Å²) in [5.74, 6) is 1.09. The van der Waals surface area contributed by atoms with Gasteiger partial charge in [0.2, 0.25) is 5.82 Å². The lowest BCUT2D eigenvalue weighted by Gasteiger charge is -2.05. The molecule has 0 radical (unpaired) electrons. The van der Waals surface area contributed by atoms with Gasteiger partial charge in [0.15, 0.2) is 0 Å². The molecule has 0 saturated carbocycles. The summed E-state index contributed by atoms with van der Waals surface area (Å²) in [5, 5.41) is 3.96. The van der Waals surface area contributed by atoms with Crippen LogP contribution in [0.4, 0.5) is 0 Å². The topological polar surface area (TPSA) is 74.2 Å². The molecule has 2 rings (SSSR count). The molecule has 5 heteroatoms. The van der Waals surface area contributed by atoms with E-state index in [2.05, 4.69) is 10.1 Å². The number of nitrogens with two attached hydrogens (primary N) is 1. The van der Waals surface area contributed by atoms with E-state index in [0.717, 1.165) is 17.5 Å². The van der Waals surface area contributed by atoms with Crippen LogP contribution in [0.3, 0.4) is 0 Å². The van der Waals surface area contributed by atoms with Gasteiger partial charge in [-0.1, -0.05) is 36.3 Å². The van der Waals surface area contributed by atoms with Crippen molar-refractivity contribution < 1.29 is 9.26 Å². The van der Waals surface area contributed by atoms with E-state index in [4.69, 9.17) is 15.0 Å². The largest absolute Gasteiger partial charge is 0.372 e. The number of hydrogen-bond acceptors (Lipinski definition) is 5. The van der Waals surface area contributed by atoms with Crippen molar-refractivity contribution in [3.05, 3.63) is 35.7 Å². The minimum absolute atomic E-state index is 0.144. The number of nitrogens with zero attached hydrogens (tertiary/aromatic N) is 2. The zero-order valence-corrected chi connectivity index (χ0v) is 10.6. The van der Waals surface area contributed by atoms with Crippen LogP contribution in [-0.2, 0) is 11.3 Å². The lowest BCUT2D eigenvalue weighted by atomic mass is 10.1. The monoisotopic (exact) mass is 247 g/mol. The molecule has 1 aromatic heterocycles. The molecule has 2 aromatic rings. The van der Waals surface area contributed by atoms with Gasteiger partial charge in [0, 0.05) is 19.2 Å². The second kappa shape index (κ2) is 5.75. The molecule has 18 heavy (non-hydrogen) atoms. The quantitative estimate of drug-likeness (QED) is 0.877. The Morgan fingerprint density at radius 2 is 2.06 bits per heavy atom. The molecule has 0 bridgehead atoms. The molecule has 0 aliphatic carbocycles. The van der Waals surface area contributed by atoms with Crippen LogP contribution in [-0.4, -0.2) is 17.3 Å². The minimum atomic E-state index is -0.144. The predicted molar refractivity (Wildman–Crippen MR) is 67.7 cm³/mol. The van der Waals surface area contributed by atoms with Gasteiger partial charge in [0.25, 0.3) is 5.89 Å². The van der Waals surface area contributed by atoms with Crippen molar-refractivity contribution in [1.29, 1.82) is 0 Å². The number of benzene rings is 1. The normalized spacial score (nSPS) is 12.6. The Labute approximate surface area is 106 Å². The van der Waals surface area contributed by atoms with E-state index < -0.39 is 0 Å². The van der Waals surface area contributed by atoms with Crippen LogP contribution in [0.5, 0.6) is 0 Å². The van der Waals surface area contributed by atoms with E-state index in [1.807, 2.05) is 31.2 Å². The van der Waals surface area contributed by atoms with Gasteiger partial charge in [-0.2, -0.15) is 4.98 Å². The van der Waals surface area contributed by atoms with Crippen molar-refractivity contribution in [1.82, 2.24) is 10.1 Å². The lowest BCUT2D eigenvalue weighted by Crippen LogP contribution is -1.99. The zero-order valence-electron chi connectivity index (χ0n) is 10.6. The van der Waals surface area contributed by atoms with Gasteiger partial charge in [-0.3, -0.25) is 0 Å². The second-order valence-electron chi connectivity index (χ2n) is 3.99. The molecular formula is C13H17N3O2. The van der Waals surface area contributed by atoms with E-state index in [0.29, 0.717) is 18.3 Å². The number of ether oxygens (including phenoxy) is 1. The van der Waals surface area contributed by atoms with Crippen molar-refractivity contribution in [3.8, 4) is 11.4 Å². The molecule has 0 fully saturated rings. The second-order valence-corrected chi connectivity index (χ2v) is 3.99. The summed E-state index contributed by atoms with van der Waals surface area (Å²) < 4.78 is 10.5. The third kappa shape index (κ3) is 2.57. The third-order valence-electron chi connectivity index (χ3n) is 2.82. The molecule has 0 saturated heterocycles. The summed E-state index contributed by atoms with van der Waals surface area (Å²) in [6.45, 7) is 2.54. The fourth-order valence-corrected chi connectivity index (χ4v) is 1.72. The van der Waals surface area contributed by atoms with Crippen LogP contribution in [0.2, 0.25) is 0 Å². The van der Waals surface area contributed by atoms with E-state index >= 15 is 0 Å². The molecular weight excluding hydrogens is 230 g/mol. The summed E-state index contributed by atoms with van der Waals surface area (Å²) in [4.78, 5) is 4.34. The standard InChI is InChI=1S/C13H17N3O2/c1-3-11(17-2)13-15-12(16-18-13)10-6-4-9(8-14)5-7-10/h4-7,11H,3,8,14H2,1-2H3. The Hall–Kier alpha value is -1.72. The average molecular weight is 247 g/mol. The summed E-state index contributed by atoms with van der Waals surface area (Å²) >= 11 is 0. The summed E-state index contributed by atoms with van der Waals surface area (Å²) in [5.41, 5.74) is 7.54. The Balaban J connectivity index is 2.23. The number of hydrogen-bond donors (Lipinski definition) is 1. The Morgan fingerprint density at radius 1 is 1.33 bits per heavy atom. The number of rotatable bonds is 5. The van der Waals surface area contributed by atoms with Crippen molar-refractivity contribution in [3.63, 3.8) is 0 Å². The first-order valence-corrected chi connectivity index (χ1v) is 5.94. The van der Waals surface area contributed by atoms with E-state index in [9.17, 15) is 0 Å². The van der Waals surface area contributed by atoms with E-state index in [1.165, 1.54) is 0 Å². The van der Waals surface area contributed by atoms with Gasteiger partial charge in [-0.25, -0.2) is 0 Å². The summed E-state index contributed by atoms with van der Waals surface area (Å²) in [6, 6.07) is 7.78. The van der Waals surface area contributed by atoms with Crippen molar-refractivity contribution in [2.45, 2.75) is 26.0 Å². The molecule has 0 aliphatic heterocycles. The Morgan fingerprint density at radius 3 is 2.61 bits per heavy atom. The number of aromatic nitrogens is 2. The lowest BCUT2D eigenvalue weighted by molar-refractivity contribution is 0.0706. The average Bonchev–Trinajstić information content (AvgIpc) is 2.90. The van der Waals surface area contributed by atoms with Gasteiger partial charge in [0.05, 0.1) is 0 Å². The highest BCUT2D eigenvalue weighted by Crippen LogP contribution is 2.22. The molecule has 0 aliphatic rings. The van der Waals surface area contributed by atoms with Gasteiger partial charge in [-0.05, 0) is 12.0 Å². The van der Waals surface area contributed by atoms with Crippen molar-refractivity contribution in [2.24, 2.45) is 5.73 Å². The van der Waals surface area contributed by atoms with Crippen LogP contribution in [0.25, 0.3) is 11.4 Å². The van der Waals surface area contributed by atoms with E-state index in [-0.39, 0.29) is 6.10 Å². The molecule has 1 aromatic carbocycles. The molecule has 1 unspecified atom stereocenters. The summed E-state index contributed by atoms with van der Waals surface area (Å²) in [6.07, 6.45) is 0.652. The predicted octanol–water partition coefficient (Wildman–Crippen LogP) is 2.29. The van der Waals surface area contributed by atoms with Crippen LogP contribution >= 0.6 is 0 Å². The smallest absolute Gasteiger partial charge is 0.256 e. The van der Waals surface area contributed by atoms with Gasteiger partial charge in [-0.15, -0.1) is 0 Å². The summed E-state index contributed by atoms with van der Waals surface area (Å²) in [7, 11) is 1.63. The fraction of sp³-hybridized carbons (Fsp3) is 0.385. The molecule has 96 valence electrons. The maximum Gasteiger partial charge on any atom is 0.256 e. The Kier molecular flexibility index (Phi) is 4.07. The number of methoxy groups -OCH3 is 1. The van der Waals surface area contributed by atoms with Crippen molar-refractivity contribution >= 4 is 0 Å². The van der Waals surface area contributed by atoms with Crippen molar-refractivity contribution in [2.75, 3.05) is 7.11 Å². The Bertz CT molecular complexity index is 489. The molecule has 0 spiro atoms. The van der Waals surface area contributed by atoms with Gasteiger partial charge >= 0.3 is 0 Å². The molecule has 5 nitrogen and oxygen atoms in total. The first-order chi connectivity index (χ1) is 8.78.